The number of amides is 3. The van der Waals surface area contributed by atoms with Gasteiger partial charge in [0.25, 0.3) is 11.8 Å². The number of hydrogen-bond donors (Lipinski definition) is 1. The van der Waals surface area contributed by atoms with Crippen molar-refractivity contribution in [3.8, 4) is 11.5 Å². The molecule has 1 saturated heterocycles. The Balaban J connectivity index is 1.24. The maximum atomic E-state index is 12.8. The van der Waals surface area contributed by atoms with Gasteiger partial charge in [0.15, 0.2) is 11.5 Å². The van der Waals surface area contributed by atoms with Crippen LogP contribution >= 0.6 is 11.6 Å². The standard InChI is InChI=1S/C21H21ClN4O5/c22-14-5-6-23-15(11-14)20(28)24-12-19(27)25-7-9-26(10-8-25)21(29)18-13-30-16-3-1-2-4-17(16)31-18/h1-6,11,18H,7-10,12-13H2,(H,24,28). The van der Waals surface area contributed by atoms with Crippen LogP contribution in [-0.2, 0) is 9.59 Å². The number of rotatable bonds is 4. The number of benzene rings is 1. The van der Waals surface area contributed by atoms with Crippen molar-refractivity contribution in [2.24, 2.45) is 0 Å². The lowest BCUT2D eigenvalue weighted by Crippen LogP contribution is -2.56. The highest BCUT2D eigenvalue weighted by atomic mass is 35.5. The van der Waals surface area contributed by atoms with Crippen molar-refractivity contribution in [3.05, 3.63) is 53.3 Å². The predicted octanol–water partition coefficient (Wildman–Crippen LogP) is 0.976. The highest BCUT2D eigenvalue weighted by molar-refractivity contribution is 6.30. The number of hydrogen-bond acceptors (Lipinski definition) is 6. The van der Waals surface area contributed by atoms with Gasteiger partial charge in [-0.3, -0.25) is 19.4 Å². The number of nitrogens with zero attached hydrogens (tertiary/aromatic N) is 3. The van der Waals surface area contributed by atoms with Gasteiger partial charge in [-0.25, -0.2) is 0 Å². The summed E-state index contributed by atoms with van der Waals surface area (Å²) in [5.41, 5.74) is 0.145. The molecule has 4 rings (SSSR count). The van der Waals surface area contributed by atoms with E-state index in [4.69, 9.17) is 21.1 Å². The summed E-state index contributed by atoms with van der Waals surface area (Å²) in [5, 5.41) is 2.94. The molecule has 1 unspecified atom stereocenters. The highest BCUT2D eigenvalue weighted by Crippen LogP contribution is 2.31. The first-order valence-electron chi connectivity index (χ1n) is 9.86. The number of fused-ring (bicyclic) bond motifs is 1. The summed E-state index contributed by atoms with van der Waals surface area (Å²) in [6.45, 7) is 1.52. The zero-order valence-electron chi connectivity index (χ0n) is 16.6. The molecule has 3 amide bonds. The summed E-state index contributed by atoms with van der Waals surface area (Å²) in [4.78, 5) is 44.5. The Kier molecular flexibility index (Phi) is 6.22. The second kappa shape index (κ2) is 9.22. The van der Waals surface area contributed by atoms with Crippen LogP contribution in [0.5, 0.6) is 11.5 Å². The topological polar surface area (TPSA) is 101 Å². The van der Waals surface area contributed by atoms with Crippen molar-refractivity contribution in [2.45, 2.75) is 6.10 Å². The first-order valence-corrected chi connectivity index (χ1v) is 10.2. The van der Waals surface area contributed by atoms with E-state index in [1.165, 1.54) is 12.3 Å². The second-order valence-corrected chi connectivity index (χ2v) is 7.55. The summed E-state index contributed by atoms with van der Waals surface area (Å²) in [7, 11) is 0. The van der Waals surface area contributed by atoms with Crippen LogP contribution in [0.3, 0.4) is 0 Å². The predicted molar refractivity (Wildman–Crippen MR) is 111 cm³/mol. The summed E-state index contributed by atoms with van der Waals surface area (Å²) >= 11 is 5.85. The quantitative estimate of drug-likeness (QED) is 0.754. The summed E-state index contributed by atoms with van der Waals surface area (Å²) < 4.78 is 11.4. The maximum Gasteiger partial charge on any atom is 0.270 e. The molecular formula is C21H21ClN4O5. The van der Waals surface area contributed by atoms with Crippen molar-refractivity contribution in [1.29, 1.82) is 0 Å². The first kappa shape index (κ1) is 20.9. The first-order chi connectivity index (χ1) is 15.0. The van der Waals surface area contributed by atoms with E-state index in [-0.39, 0.29) is 30.7 Å². The maximum absolute atomic E-state index is 12.8. The minimum Gasteiger partial charge on any atom is -0.485 e. The summed E-state index contributed by atoms with van der Waals surface area (Å²) in [6.07, 6.45) is 0.719. The van der Waals surface area contributed by atoms with Crippen molar-refractivity contribution < 1.29 is 23.9 Å². The monoisotopic (exact) mass is 444 g/mol. The minimum absolute atomic E-state index is 0.145. The molecule has 2 aromatic rings. The van der Waals surface area contributed by atoms with Crippen LogP contribution in [0.2, 0.25) is 5.02 Å². The molecule has 162 valence electrons. The van der Waals surface area contributed by atoms with Gasteiger partial charge in [0.1, 0.15) is 12.3 Å². The molecule has 3 heterocycles. The van der Waals surface area contributed by atoms with Crippen molar-refractivity contribution >= 4 is 29.3 Å². The Morgan fingerprint density at radius 2 is 1.77 bits per heavy atom. The molecule has 1 aromatic carbocycles. The minimum atomic E-state index is -0.707. The lowest BCUT2D eigenvalue weighted by molar-refractivity contribution is -0.146. The number of ether oxygens (including phenoxy) is 2. The van der Waals surface area contributed by atoms with Crippen LogP contribution in [0.25, 0.3) is 0 Å². The van der Waals surface area contributed by atoms with E-state index in [0.717, 1.165) is 0 Å². The SMILES string of the molecule is O=C(NCC(=O)N1CCN(C(=O)C2COc3ccccc3O2)CC1)c1cc(Cl)ccn1. The number of piperazine rings is 1. The molecule has 1 N–H and O–H groups in total. The van der Waals surface area contributed by atoms with E-state index >= 15 is 0 Å². The number of para-hydroxylation sites is 2. The van der Waals surface area contributed by atoms with Gasteiger partial charge in [0.05, 0.1) is 6.54 Å². The Labute approximate surface area is 183 Å². The number of carbonyl (C=O) groups excluding carboxylic acids is 3. The van der Waals surface area contributed by atoms with Gasteiger partial charge in [-0.05, 0) is 24.3 Å². The van der Waals surface area contributed by atoms with Crippen LogP contribution in [0.4, 0.5) is 0 Å². The number of aromatic nitrogens is 1. The molecule has 1 atom stereocenters. The van der Waals surface area contributed by atoms with E-state index in [2.05, 4.69) is 10.3 Å². The molecule has 1 aromatic heterocycles. The number of pyridine rings is 1. The van der Waals surface area contributed by atoms with Crippen LogP contribution in [0.15, 0.2) is 42.6 Å². The van der Waals surface area contributed by atoms with Gasteiger partial charge in [-0.1, -0.05) is 23.7 Å². The zero-order valence-corrected chi connectivity index (χ0v) is 17.4. The molecule has 0 aliphatic carbocycles. The lowest BCUT2D eigenvalue weighted by Gasteiger charge is -2.37. The molecule has 31 heavy (non-hydrogen) atoms. The Morgan fingerprint density at radius 3 is 2.52 bits per heavy atom. The Bertz CT molecular complexity index is 993. The fourth-order valence-corrected chi connectivity index (χ4v) is 3.57. The van der Waals surface area contributed by atoms with E-state index in [1.807, 2.05) is 12.1 Å². The third-order valence-electron chi connectivity index (χ3n) is 5.08. The van der Waals surface area contributed by atoms with Gasteiger partial charge in [0, 0.05) is 37.4 Å². The summed E-state index contributed by atoms with van der Waals surface area (Å²) in [6, 6.07) is 10.2. The number of nitrogens with one attached hydrogen (secondary N) is 1. The van der Waals surface area contributed by atoms with E-state index in [9.17, 15) is 14.4 Å². The normalized spacial score (nSPS) is 17.8. The molecule has 0 radical (unpaired) electrons. The van der Waals surface area contributed by atoms with Gasteiger partial charge < -0.3 is 24.6 Å². The van der Waals surface area contributed by atoms with Gasteiger partial charge in [-0.2, -0.15) is 0 Å². The fraction of sp³-hybridized carbons (Fsp3) is 0.333. The zero-order chi connectivity index (χ0) is 21.8. The molecule has 0 saturated carbocycles. The third-order valence-corrected chi connectivity index (χ3v) is 5.32. The highest BCUT2D eigenvalue weighted by Gasteiger charge is 2.33. The molecule has 9 nitrogen and oxygen atoms in total. The molecule has 0 bridgehead atoms. The molecule has 0 spiro atoms. The lowest BCUT2D eigenvalue weighted by atomic mass is 10.2. The van der Waals surface area contributed by atoms with Crippen LogP contribution in [0, 0.1) is 0 Å². The van der Waals surface area contributed by atoms with E-state index < -0.39 is 12.0 Å². The van der Waals surface area contributed by atoms with Crippen LogP contribution in [-0.4, -0.2) is 77.9 Å². The average Bonchev–Trinajstić information content (AvgIpc) is 2.81. The molecule has 2 aliphatic heterocycles. The average molecular weight is 445 g/mol. The second-order valence-electron chi connectivity index (χ2n) is 7.11. The van der Waals surface area contributed by atoms with Crippen LogP contribution in [0.1, 0.15) is 10.5 Å². The number of carbonyl (C=O) groups is 3. The molecule has 1 fully saturated rings. The van der Waals surface area contributed by atoms with Gasteiger partial charge >= 0.3 is 0 Å². The van der Waals surface area contributed by atoms with E-state index in [0.29, 0.717) is 42.7 Å². The largest absolute Gasteiger partial charge is 0.485 e. The number of halogens is 1. The smallest absolute Gasteiger partial charge is 0.270 e. The van der Waals surface area contributed by atoms with Crippen LogP contribution < -0.4 is 14.8 Å². The molecule has 10 heteroatoms. The Hall–Kier alpha value is -3.33. The van der Waals surface area contributed by atoms with Crippen molar-refractivity contribution in [2.75, 3.05) is 39.3 Å². The van der Waals surface area contributed by atoms with Crippen molar-refractivity contribution in [3.63, 3.8) is 0 Å². The third kappa shape index (κ3) is 4.88. The van der Waals surface area contributed by atoms with E-state index in [1.54, 1.807) is 28.0 Å². The van der Waals surface area contributed by atoms with Crippen molar-refractivity contribution in [1.82, 2.24) is 20.1 Å². The van der Waals surface area contributed by atoms with Gasteiger partial charge in [0.2, 0.25) is 12.0 Å². The molecule has 2 aliphatic rings. The molecular weight excluding hydrogens is 424 g/mol. The Morgan fingerprint density at radius 1 is 1.06 bits per heavy atom. The van der Waals surface area contributed by atoms with Gasteiger partial charge in [-0.15, -0.1) is 0 Å². The fourth-order valence-electron chi connectivity index (χ4n) is 3.41. The summed E-state index contributed by atoms with van der Waals surface area (Å²) in [5.74, 6) is 0.304.